The fraction of sp³-hybridized carbons (Fsp3) is 0.393. The van der Waals surface area contributed by atoms with E-state index in [2.05, 4.69) is 9.47 Å². The van der Waals surface area contributed by atoms with Gasteiger partial charge in [0.15, 0.2) is 0 Å². The molecule has 198 valence electrons. The second kappa shape index (κ2) is 9.77. The number of nitrogens with zero attached hydrogens (tertiary/aromatic N) is 4. The van der Waals surface area contributed by atoms with Gasteiger partial charge in [0.1, 0.15) is 12.4 Å². The van der Waals surface area contributed by atoms with E-state index < -0.39 is 11.9 Å². The van der Waals surface area contributed by atoms with E-state index in [4.69, 9.17) is 9.47 Å². The summed E-state index contributed by atoms with van der Waals surface area (Å²) >= 11 is 0. The van der Waals surface area contributed by atoms with Crippen molar-refractivity contribution in [1.82, 2.24) is 19.3 Å². The maximum absolute atomic E-state index is 13.2. The maximum atomic E-state index is 13.2. The fourth-order valence-corrected chi connectivity index (χ4v) is 5.74. The number of carbonyl (C=O) groups is 3. The average Bonchev–Trinajstić information content (AvgIpc) is 3.24. The van der Waals surface area contributed by atoms with Gasteiger partial charge in [-0.25, -0.2) is 9.59 Å². The van der Waals surface area contributed by atoms with Crippen LogP contribution in [0.4, 0.5) is 4.79 Å². The minimum atomic E-state index is -0.969. The molecular weight excluding hydrogens is 488 g/mol. The van der Waals surface area contributed by atoms with Crippen molar-refractivity contribution in [3.05, 3.63) is 64.8 Å². The van der Waals surface area contributed by atoms with E-state index in [9.17, 15) is 19.5 Å². The largest absolute Gasteiger partial charge is 0.492 e. The van der Waals surface area contributed by atoms with E-state index >= 15 is 0 Å². The SMILES string of the molecule is CN1C(=O)[C@@H]2CN(Cc3c2c2cc(OCCN4CCOCC4)ccc2n3Cc2ccc(C(=O)O)cc2)C1=O. The van der Waals surface area contributed by atoms with Crippen molar-refractivity contribution in [3.8, 4) is 5.75 Å². The van der Waals surface area contributed by atoms with Crippen molar-refractivity contribution in [1.29, 1.82) is 0 Å². The number of hydrogen-bond acceptors (Lipinski definition) is 6. The van der Waals surface area contributed by atoms with Gasteiger partial charge in [-0.15, -0.1) is 0 Å². The quantitative estimate of drug-likeness (QED) is 0.513. The van der Waals surface area contributed by atoms with Gasteiger partial charge in [0.05, 0.1) is 31.2 Å². The van der Waals surface area contributed by atoms with Gasteiger partial charge >= 0.3 is 12.0 Å². The first-order chi connectivity index (χ1) is 18.4. The Morgan fingerprint density at radius 2 is 1.87 bits per heavy atom. The molecule has 3 aliphatic heterocycles. The van der Waals surface area contributed by atoms with Crippen molar-refractivity contribution < 1.29 is 29.0 Å². The third-order valence-electron chi connectivity index (χ3n) is 7.79. The number of carbonyl (C=O) groups excluding carboxylic acids is 2. The molecule has 38 heavy (non-hydrogen) atoms. The van der Waals surface area contributed by atoms with E-state index in [1.165, 1.54) is 11.9 Å². The number of likely N-dealkylation sites (N-methyl/N-ethyl adjacent to an activating group) is 1. The molecule has 2 bridgehead atoms. The van der Waals surface area contributed by atoms with Crippen LogP contribution in [0.15, 0.2) is 42.5 Å². The molecule has 3 aromatic rings. The second-order valence-corrected chi connectivity index (χ2v) is 10.0. The van der Waals surface area contributed by atoms with Gasteiger partial charge in [0.25, 0.3) is 0 Å². The van der Waals surface area contributed by atoms with E-state index in [1.54, 1.807) is 29.2 Å². The molecule has 2 saturated heterocycles. The van der Waals surface area contributed by atoms with Gasteiger partial charge in [0, 0.05) is 56.4 Å². The molecule has 1 atom stereocenters. The smallest absolute Gasteiger partial charge is 0.335 e. The molecule has 0 aliphatic carbocycles. The first kappa shape index (κ1) is 24.4. The third kappa shape index (κ3) is 4.29. The molecule has 4 heterocycles. The molecule has 6 rings (SSSR count). The second-order valence-electron chi connectivity index (χ2n) is 10.0. The first-order valence-corrected chi connectivity index (χ1v) is 12.9. The van der Waals surface area contributed by atoms with Crippen LogP contribution >= 0.6 is 0 Å². The van der Waals surface area contributed by atoms with Crippen molar-refractivity contribution >= 4 is 28.8 Å². The van der Waals surface area contributed by atoms with E-state index in [-0.39, 0.29) is 17.5 Å². The summed E-state index contributed by atoms with van der Waals surface area (Å²) in [5, 5.41) is 10.2. The summed E-state index contributed by atoms with van der Waals surface area (Å²) in [5.41, 5.74) is 3.99. The number of fused-ring (bicyclic) bond motifs is 6. The summed E-state index contributed by atoms with van der Waals surface area (Å²) in [6.45, 7) is 5.91. The molecule has 0 saturated carbocycles. The van der Waals surface area contributed by atoms with Crippen molar-refractivity contribution in [2.75, 3.05) is 53.0 Å². The van der Waals surface area contributed by atoms with Crippen LogP contribution in [0.5, 0.6) is 5.75 Å². The average molecular weight is 519 g/mol. The van der Waals surface area contributed by atoms with Gasteiger partial charge in [-0.2, -0.15) is 0 Å². The predicted octanol–water partition coefficient (Wildman–Crippen LogP) is 2.59. The number of morpholine rings is 1. The fourth-order valence-electron chi connectivity index (χ4n) is 5.74. The Morgan fingerprint density at radius 3 is 2.61 bits per heavy atom. The Morgan fingerprint density at radius 1 is 1.11 bits per heavy atom. The number of aromatic nitrogens is 1. The van der Waals surface area contributed by atoms with Crippen molar-refractivity contribution in [2.24, 2.45) is 0 Å². The topological polar surface area (TPSA) is 105 Å². The Bertz CT molecular complexity index is 1410. The monoisotopic (exact) mass is 518 g/mol. The summed E-state index contributed by atoms with van der Waals surface area (Å²) in [4.78, 5) is 42.5. The lowest BCUT2D eigenvalue weighted by Gasteiger charge is -2.41. The maximum Gasteiger partial charge on any atom is 0.335 e. The highest BCUT2D eigenvalue weighted by Gasteiger charge is 2.44. The number of ether oxygens (including phenoxy) is 2. The molecule has 1 N–H and O–H groups in total. The van der Waals surface area contributed by atoms with Crippen LogP contribution in [0.1, 0.15) is 33.1 Å². The molecule has 1 aromatic heterocycles. The highest BCUT2D eigenvalue weighted by molar-refractivity contribution is 6.04. The minimum Gasteiger partial charge on any atom is -0.492 e. The van der Waals surface area contributed by atoms with E-state index in [1.807, 2.05) is 18.2 Å². The summed E-state index contributed by atoms with van der Waals surface area (Å²) in [6.07, 6.45) is 0. The predicted molar refractivity (Wildman–Crippen MR) is 139 cm³/mol. The molecule has 0 unspecified atom stereocenters. The number of hydrogen-bond donors (Lipinski definition) is 1. The molecule has 0 spiro atoms. The van der Waals surface area contributed by atoms with Gasteiger partial charge in [-0.1, -0.05) is 12.1 Å². The van der Waals surface area contributed by atoms with Crippen LogP contribution in [0.25, 0.3) is 10.9 Å². The zero-order chi connectivity index (χ0) is 26.4. The van der Waals surface area contributed by atoms with Crippen molar-refractivity contribution in [2.45, 2.75) is 19.0 Å². The number of carboxylic acid groups (broad SMARTS) is 1. The lowest BCUT2D eigenvalue weighted by molar-refractivity contribution is -0.132. The number of amides is 3. The standard InChI is InChI=1S/C28H30N4O6/c1-29-26(33)22-16-31(28(29)36)17-24-25(22)21-14-20(38-13-10-30-8-11-37-12-9-30)6-7-23(21)32(24)15-18-2-4-19(5-3-18)27(34)35/h2-7,14,22H,8-13,15-17H2,1H3,(H,34,35)/t22-/m1/s1. The molecule has 10 heteroatoms. The lowest BCUT2D eigenvalue weighted by atomic mass is 9.89. The number of urea groups is 1. The van der Waals surface area contributed by atoms with E-state index in [0.717, 1.165) is 66.3 Å². The first-order valence-electron chi connectivity index (χ1n) is 12.9. The van der Waals surface area contributed by atoms with Crippen LogP contribution in [-0.4, -0.2) is 95.3 Å². The number of benzene rings is 2. The number of aromatic carboxylic acids is 1. The van der Waals surface area contributed by atoms with Crippen molar-refractivity contribution in [3.63, 3.8) is 0 Å². The Kier molecular flexibility index (Phi) is 6.29. The molecule has 10 nitrogen and oxygen atoms in total. The number of imide groups is 1. The molecule has 0 radical (unpaired) electrons. The van der Waals surface area contributed by atoms with Gasteiger partial charge in [-0.3, -0.25) is 14.6 Å². The summed E-state index contributed by atoms with van der Waals surface area (Å²) < 4.78 is 13.7. The molecular formula is C28H30N4O6. The zero-order valence-corrected chi connectivity index (χ0v) is 21.3. The number of rotatable bonds is 7. The van der Waals surface area contributed by atoms with Gasteiger partial charge in [-0.05, 0) is 41.5 Å². The summed E-state index contributed by atoms with van der Waals surface area (Å²) in [6, 6.07) is 12.5. The van der Waals surface area contributed by atoms with Crippen LogP contribution < -0.4 is 4.74 Å². The Balaban J connectivity index is 1.36. The highest BCUT2D eigenvalue weighted by atomic mass is 16.5. The lowest BCUT2D eigenvalue weighted by Crippen LogP contribution is -2.56. The highest BCUT2D eigenvalue weighted by Crippen LogP contribution is 2.41. The Hall–Kier alpha value is -3.89. The van der Waals surface area contributed by atoms with E-state index in [0.29, 0.717) is 26.2 Å². The summed E-state index contributed by atoms with van der Waals surface area (Å²) in [5.74, 6) is -0.867. The third-order valence-corrected chi connectivity index (χ3v) is 7.79. The normalized spacial score (nSPS) is 19.7. The van der Waals surface area contributed by atoms with Crippen LogP contribution in [-0.2, 0) is 22.6 Å². The van der Waals surface area contributed by atoms with Crippen LogP contribution in [0.2, 0.25) is 0 Å². The minimum absolute atomic E-state index is 0.198. The molecule has 2 aromatic carbocycles. The molecule has 2 fully saturated rings. The van der Waals surface area contributed by atoms with Crippen LogP contribution in [0, 0.1) is 0 Å². The van der Waals surface area contributed by atoms with Crippen LogP contribution in [0.3, 0.4) is 0 Å². The number of carboxylic acids is 1. The Labute approximate surface area is 219 Å². The van der Waals surface area contributed by atoms with Gasteiger partial charge in [0.2, 0.25) is 5.91 Å². The zero-order valence-electron chi connectivity index (χ0n) is 21.3. The molecule has 3 aliphatic rings. The summed E-state index contributed by atoms with van der Waals surface area (Å²) in [7, 11) is 1.54. The molecule has 3 amide bonds. The van der Waals surface area contributed by atoms with Gasteiger partial charge < -0.3 is 24.0 Å².